The van der Waals surface area contributed by atoms with Crippen molar-refractivity contribution in [3.05, 3.63) is 0 Å². The van der Waals surface area contributed by atoms with Crippen molar-refractivity contribution in [1.82, 2.24) is 4.90 Å². The summed E-state index contributed by atoms with van der Waals surface area (Å²) in [6.07, 6.45) is 2.22. The Labute approximate surface area is 82.3 Å². The molecule has 0 heterocycles. The van der Waals surface area contributed by atoms with Gasteiger partial charge in [-0.25, -0.2) is 0 Å². The molecule has 0 aromatic rings. The van der Waals surface area contributed by atoms with Crippen LogP contribution in [0.4, 0.5) is 0 Å². The topological polar surface area (TPSA) is 20.3 Å². The molecule has 0 bridgehead atoms. The average molecular weight is 185 g/mol. The second kappa shape index (κ2) is 6.01. The Kier molecular flexibility index (Phi) is 5.76. The second-order valence-electron chi connectivity index (χ2n) is 3.89. The van der Waals surface area contributed by atoms with Crippen LogP contribution in [0.5, 0.6) is 0 Å². The van der Waals surface area contributed by atoms with Crippen molar-refractivity contribution < 1.29 is 4.79 Å². The number of hydrogen-bond acceptors (Lipinski definition) is 1. The maximum absolute atomic E-state index is 11.4. The van der Waals surface area contributed by atoms with E-state index in [4.69, 9.17) is 0 Å². The highest BCUT2D eigenvalue weighted by molar-refractivity contribution is 5.80. The van der Waals surface area contributed by atoms with Gasteiger partial charge in [0.05, 0.1) is 0 Å². The van der Waals surface area contributed by atoms with Crippen molar-refractivity contribution in [2.24, 2.45) is 11.8 Å². The third-order valence-corrected chi connectivity index (χ3v) is 1.94. The highest BCUT2D eigenvalue weighted by Gasteiger charge is 2.31. The lowest BCUT2D eigenvalue weighted by molar-refractivity contribution is -0.131. The SMILES string of the molecule is CC.CC(C)CN(C)C(=O)C1CC1. The molecule has 0 atom stereocenters. The van der Waals surface area contributed by atoms with E-state index in [1.807, 2.05) is 25.8 Å². The van der Waals surface area contributed by atoms with Crippen LogP contribution in [-0.2, 0) is 4.79 Å². The van der Waals surface area contributed by atoms with E-state index < -0.39 is 0 Å². The van der Waals surface area contributed by atoms with Gasteiger partial charge in [-0.1, -0.05) is 27.7 Å². The van der Waals surface area contributed by atoms with Crippen molar-refractivity contribution in [1.29, 1.82) is 0 Å². The Morgan fingerprint density at radius 2 is 1.85 bits per heavy atom. The number of carbonyl (C=O) groups excluding carboxylic acids is 1. The van der Waals surface area contributed by atoms with Crippen molar-refractivity contribution in [3.8, 4) is 0 Å². The van der Waals surface area contributed by atoms with Crippen LogP contribution in [0.2, 0.25) is 0 Å². The predicted octanol–water partition coefficient (Wildman–Crippen LogP) is 2.54. The molecule has 1 saturated carbocycles. The van der Waals surface area contributed by atoms with Crippen LogP contribution in [0.1, 0.15) is 40.5 Å². The molecule has 78 valence electrons. The van der Waals surface area contributed by atoms with Gasteiger partial charge in [-0.3, -0.25) is 4.79 Å². The van der Waals surface area contributed by atoms with E-state index in [1.54, 1.807) is 0 Å². The standard InChI is InChI=1S/C9H17NO.C2H6/c1-7(2)6-10(3)9(11)8-4-5-8;1-2/h7-8H,4-6H2,1-3H3;1-2H3. The first-order valence-corrected chi connectivity index (χ1v) is 5.36. The molecule has 0 aliphatic heterocycles. The highest BCUT2D eigenvalue weighted by Crippen LogP contribution is 2.30. The largest absolute Gasteiger partial charge is 0.345 e. The first kappa shape index (κ1) is 12.5. The molecule has 0 saturated heterocycles. The van der Waals surface area contributed by atoms with E-state index in [0.29, 0.717) is 17.7 Å². The van der Waals surface area contributed by atoms with Gasteiger partial charge in [0.25, 0.3) is 0 Å². The van der Waals surface area contributed by atoms with Crippen molar-refractivity contribution >= 4 is 5.91 Å². The smallest absolute Gasteiger partial charge is 0.225 e. The van der Waals surface area contributed by atoms with Crippen LogP contribution in [-0.4, -0.2) is 24.4 Å². The summed E-state index contributed by atoms with van der Waals surface area (Å²) in [6.45, 7) is 9.17. The predicted molar refractivity (Wildman–Crippen MR) is 56.5 cm³/mol. The zero-order valence-corrected chi connectivity index (χ0v) is 9.63. The summed E-state index contributed by atoms with van der Waals surface area (Å²) in [4.78, 5) is 13.2. The lowest BCUT2D eigenvalue weighted by Gasteiger charge is -2.18. The molecule has 2 nitrogen and oxygen atoms in total. The van der Waals surface area contributed by atoms with Crippen LogP contribution in [0, 0.1) is 11.8 Å². The van der Waals surface area contributed by atoms with Gasteiger partial charge in [-0.2, -0.15) is 0 Å². The summed E-state index contributed by atoms with van der Waals surface area (Å²) in [5.74, 6) is 1.31. The van der Waals surface area contributed by atoms with Gasteiger partial charge in [0.15, 0.2) is 0 Å². The molecule has 2 heteroatoms. The van der Waals surface area contributed by atoms with Gasteiger partial charge >= 0.3 is 0 Å². The second-order valence-corrected chi connectivity index (χ2v) is 3.89. The molecule has 0 spiro atoms. The Hall–Kier alpha value is -0.530. The van der Waals surface area contributed by atoms with Gasteiger partial charge in [0.1, 0.15) is 0 Å². The number of hydrogen-bond donors (Lipinski definition) is 0. The summed E-state index contributed by atoms with van der Waals surface area (Å²) >= 11 is 0. The summed E-state index contributed by atoms with van der Waals surface area (Å²) in [7, 11) is 1.90. The monoisotopic (exact) mass is 185 g/mol. The molecule has 0 N–H and O–H groups in total. The van der Waals surface area contributed by atoms with E-state index in [2.05, 4.69) is 13.8 Å². The number of rotatable bonds is 3. The Balaban J connectivity index is 0.000000671. The summed E-state index contributed by atoms with van der Waals surface area (Å²) < 4.78 is 0. The Bertz CT molecular complexity index is 150. The van der Waals surface area contributed by atoms with Gasteiger partial charge in [0, 0.05) is 19.5 Å². The number of amides is 1. The van der Waals surface area contributed by atoms with E-state index in [0.717, 1.165) is 19.4 Å². The molecular weight excluding hydrogens is 162 g/mol. The minimum atomic E-state index is 0.346. The normalized spacial score (nSPS) is 14.9. The van der Waals surface area contributed by atoms with E-state index >= 15 is 0 Å². The maximum Gasteiger partial charge on any atom is 0.225 e. The molecule has 1 rings (SSSR count). The molecule has 0 unspecified atom stereocenters. The van der Waals surface area contributed by atoms with Gasteiger partial charge in [-0.05, 0) is 18.8 Å². The fourth-order valence-corrected chi connectivity index (χ4v) is 1.28. The van der Waals surface area contributed by atoms with E-state index in [-0.39, 0.29) is 0 Å². The lowest BCUT2D eigenvalue weighted by Crippen LogP contribution is -2.31. The summed E-state index contributed by atoms with van der Waals surface area (Å²) in [6, 6.07) is 0. The molecule has 1 aliphatic rings. The lowest BCUT2D eigenvalue weighted by atomic mass is 10.2. The third kappa shape index (κ3) is 4.91. The highest BCUT2D eigenvalue weighted by atomic mass is 16.2. The average Bonchev–Trinajstić information content (AvgIpc) is 2.88. The van der Waals surface area contributed by atoms with E-state index in [1.165, 1.54) is 0 Å². The van der Waals surface area contributed by atoms with Gasteiger partial charge < -0.3 is 4.90 Å². The van der Waals surface area contributed by atoms with Crippen molar-refractivity contribution in [2.75, 3.05) is 13.6 Å². The van der Waals surface area contributed by atoms with E-state index in [9.17, 15) is 4.79 Å². The van der Waals surface area contributed by atoms with Crippen LogP contribution < -0.4 is 0 Å². The zero-order chi connectivity index (χ0) is 10.4. The fourth-order valence-electron chi connectivity index (χ4n) is 1.28. The minimum Gasteiger partial charge on any atom is -0.345 e. The molecule has 1 fully saturated rings. The summed E-state index contributed by atoms with van der Waals surface area (Å²) in [5.41, 5.74) is 0. The third-order valence-electron chi connectivity index (χ3n) is 1.94. The molecule has 0 aromatic carbocycles. The molecule has 1 amide bonds. The molecule has 1 aliphatic carbocycles. The first-order valence-electron chi connectivity index (χ1n) is 5.36. The molecule has 0 radical (unpaired) electrons. The molecule has 13 heavy (non-hydrogen) atoms. The fraction of sp³-hybridized carbons (Fsp3) is 0.909. The number of nitrogens with zero attached hydrogens (tertiary/aromatic N) is 1. The van der Waals surface area contributed by atoms with Crippen LogP contribution in [0.3, 0.4) is 0 Å². The quantitative estimate of drug-likeness (QED) is 0.661. The summed E-state index contributed by atoms with van der Waals surface area (Å²) in [5, 5.41) is 0. The van der Waals surface area contributed by atoms with Crippen molar-refractivity contribution in [3.63, 3.8) is 0 Å². The van der Waals surface area contributed by atoms with Gasteiger partial charge in [0.2, 0.25) is 5.91 Å². The van der Waals surface area contributed by atoms with Crippen LogP contribution in [0.25, 0.3) is 0 Å². The molecular formula is C11H23NO. The van der Waals surface area contributed by atoms with Crippen molar-refractivity contribution in [2.45, 2.75) is 40.5 Å². The number of carbonyl (C=O) groups is 1. The first-order chi connectivity index (χ1) is 6.11. The molecule has 0 aromatic heterocycles. The Morgan fingerprint density at radius 3 is 2.15 bits per heavy atom. The van der Waals surface area contributed by atoms with Crippen LogP contribution in [0.15, 0.2) is 0 Å². The van der Waals surface area contributed by atoms with Gasteiger partial charge in [-0.15, -0.1) is 0 Å². The Morgan fingerprint density at radius 1 is 1.38 bits per heavy atom. The van der Waals surface area contributed by atoms with Crippen LogP contribution >= 0.6 is 0 Å². The minimum absolute atomic E-state index is 0.346. The zero-order valence-electron chi connectivity index (χ0n) is 9.63. The maximum atomic E-state index is 11.4.